The number of hydrogen-bond acceptors (Lipinski definition) is 2. The molecule has 1 aliphatic heterocycles. The van der Waals surface area contributed by atoms with Crippen LogP contribution in [0.5, 0.6) is 0 Å². The summed E-state index contributed by atoms with van der Waals surface area (Å²) in [7, 11) is 0. The van der Waals surface area contributed by atoms with E-state index in [0.717, 1.165) is 38.0 Å². The van der Waals surface area contributed by atoms with Gasteiger partial charge in [0.05, 0.1) is 10.6 Å². The molecule has 0 radical (unpaired) electrons. The SMILES string of the molecule is CC(O)C1CCN(Cc2ccc(F)c(Br)c2)CC1. The van der Waals surface area contributed by atoms with Gasteiger partial charge >= 0.3 is 0 Å². The third-order valence-electron chi connectivity index (χ3n) is 3.70. The maximum atomic E-state index is 13.1. The van der Waals surface area contributed by atoms with Crippen LogP contribution in [-0.4, -0.2) is 29.2 Å². The smallest absolute Gasteiger partial charge is 0.137 e. The van der Waals surface area contributed by atoms with E-state index >= 15 is 0 Å². The maximum Gasteiger partial charge on any atom is 0.137 e. The van der Waals surface area contributed by atoms with Gasteiger partial charge in [0, 0.05) is 6.54 Å². The van der Waals surface area contributed by atoms with E-state index in [2.05, 4.69) is 20.8 Å². The van der Waals surface area contributed by atoms with Gasteiger partial charge in [-0.1, -0.05) is 6.07 Å². The minimum Gasteiger partial charge on any atom is -0.393 e. The molecule has 0 aliphatic carbocycles. The zero-order valence-corrected chi connectivity index (χ0v) is 12.2. The summed E-state index contributed by atoms with van der Waals surface area (Å²) in [6.07, 6.45) is 1.88. The first-order valence-electron chi connectivity index (χ1n) is 6.40. The predicted octanol–water partition coefficient (Wildman–Crippen LogP) is 3.18. The van der Waals surface area contributed by atoms with Gasteiger partial charge in [0.15, 0.2) is 0 Å². The number of hydrogen-bond donors (Lipinski definition) is 1. The van der Waals surface area contributed by atoms with Crippen LogP contribution in [0.15, 0.2) is 22.7 Å². The van der Waals surface area contributed by atoms with Gasteiger partial charge in [-0.05, 0) is 72.4 Å². The van der Waals surface area contributed by atoms with Crippen molar-refractivity contribution in [3.05, 3.63) is 34.1 Å². The highest BCUT2D eigenvalue weighted by molar-refractivity contribution is 9.10. The van der Waals surface area contributed by atoms with Gasteiger partial charge in [-0.3, -0.25) is 4.90 Å². The van der Waals surface area contributed by atoms with E-state index in [1.54, 1.807) is 0 Å². The summed E-state index contributed by atoms with van der Waals surface area (Å²) in [6.45, 7) is 4.73. The average Bonchev–Trinajstić information content (AvgIpc) is 2.34. The van der Waals surface area contributed by atoms with Crippen LogP contribution in [0, 0.1) is 11.7 Å². The summed E-state index contributed by atoms with van der Waals surface area (Å²) in [6, 6.07) is 5.18. The fourth-order valence-corrected chi connectivity index (χ4v) is 2.92. The molecule has 0 bridgehead atoms. The van der Waals surface area contributed by atoms with Crippen LogP contribution in [-0.2, 0) is 6.54 Å². The number of likely N-dealkylation sites (tertiary alicyclic amines) is 1. The van der Waals surface area contributed by atoms with E-state index in [-0.39, 0.29) is 11.9 Å². The molecule has 1 fully saturated rings. The Hall–Kier alpha value is -0.450. The van der Waals surface area contributed by atoms with Crippen molar-refractivity contribution in [2.45, 2.75) is 32.4 Å². The van der Waals surface area contributed by atoms with Crippen molar-refractivity contribution in [1.82, 2.24) is 4.90 Å². The zero-order chi connectivity index (χ0) is 13.1. The fourth-order valence-electron chi connectivity index (χ4n) is 2.49. The number of piperidine rings is 1. The van der Waals surface area contributed by atoms with Crippen molar-refractivity contribution in [1.29, 1.82) is 0 Å². The number of benzene rings is 1. The van der Waals surface area contributed by atoms with Crippen molar-refractivity contribution in [3.63, 3.8) is 0 Å². The second-order valence-electron chi connectivity index (χ2n) is 5.10. The van der Waals surface area contributed by atoms with E-state index < -0.39 is 0 Å². The van der Waals surface area contributed by atoms with Crippen LogP contribution in [0.25, 0.3) is 0 Å². The molecule has 2 rings (SSSR count). The molecule has 4 heteroatoms. The zero-order valence-electron chi connectivity index (χ0n) is 10.6. The Morgan fingerprint density at radius 1 is 1.44 bits per heavy atom. The first-order valence-corrected chi connectivity index (χ1v) is 7.20. The molecule has 1 heterocycles. The van der Waals surface area contributed by atoms with Gasteiger partial charge in [-0.15, -0.1) is 0 Å². The first kappa shape index (κ1) is 14.0. The molecule has 0 aromatic heterocycles. The Kier molecular flexibility index (Phi) is 4.76. The van der Waals surface area contributed by atoms with E-state index in [4.69, 9.17) is 0 Å². The lowest BCUT2D eigenvalue weighted by Crippen LogP contribution is -2.36. The largest absolute Gasteiger partial charge is 0.393 e. The van der Waals surface area contributed by atoms with Crippen molar-refractivity contribution in [2.24, 2.45) is 5.92 Å². The Labute approximate surface area is 116 Å². The van der Waals surface area contributed by atoms with E-state index in [1.165, 1.54) is 6.07 Å². The van der Waals surface area contributed by atoms with Crippen molar-refractivity contribution >= 4 is 15.9 Å². The maximum absolute atomic E-state index is 13.1. The quantitative estimate of drug-likeness (QED) is 0.926. The second kappa shape index (κ2) is 6.13. The molecular formula is C14H19BrFNO. The van der Waals surface area contributed by atoms with Gasteiger partial charge in [0.25, 0.3) is 0 Å². The van der Waals surface area contributed by atoms with Crippen LogP contribution in [0.4, 0.5) is 4.39 Å². The van der Waals surface area contributed by atoms with Crippen molar-refractivity contribution < 1.29 is 9.50 Å². The van der Waals surface area contributed by atoms with Gasteiger partial charge in [0.2, 0.25) is 0 Å². The lowest BCUT2D eigenvalue weighted by Gasteiger charge is -2.33. The Balaban J connectivity index is 1.89. The third kappa shape index (κ3) is 3.53. The summed E-state index contributed by atoms with van der Waals surface area (Å²) in [5.41, 5.74) is 1.12. The van der Waals surface area contributed by atoms with Crippen molar-refractivity contribution in [3.8, 4) is 0 Å². The summed E-state index contributed by atoms with van der Waals surface area (Å²) in [4.78, 5) is 2.36. The van der Waals surface area contributed by atoms with Crippen LogP contribution >= 0.6 is 15.9 Å². The highest BCUT2D eigenvalue weighted by Gasteiger charge is 2.22. The molecule has 0 saturated carbocycles. The van der Waals surface area contributed by atoms with Gasteiger partial charge in [-0.25, -0.2) is 4.39 Å². The van der Waals surface area contributed by atoms with Crippen LogP contribution in [0.2, 0.25) is 0 Å². The van der Waals surface area contributed by atoms with Crippen LogP contribution in [0.3, 0.4) is 0 Å². The molecule has 1 aliphatic rings. The van der Waals surface area contributed by atoms with Crippen molar-refractivity contribution in [2.75, 3.05) is 13.1 Å². The standard InChI is InChI=1S/C14H19BrFNO/c1-10(18)12-4-6-17(7-5-12)9-11-2-3-14(16)13(15)8-11/h2-3,8,10,12,18H,4-7,9H2,1H3. The Morgan fingerprint density at radius 2 is 2.11 bits per heavy atom. The number of rotatable bonds is 3. The number of halogens is 2. The summed E-state index contributed by atoms with van der Waals surface area (Å²) < 4.78 is 13.7. The molecule has 1 N–H and O–H groups in total. The summed E-state index contributed by atoms with van der Waals surface area (Å²) >= 11 is 3.21. The minimum absolute atomic E-state index is 0.202. The fraction of sp³-hybridized carbons (Fsp3) is 0.571. The lowest BCUT2D eigenvalue weighted by atomic mass is 9.92. The average molecular weight is 316 g/mol. The highest BCUT2D eigenvalue weighted by atomic mass is 79.9. The normalized spacial score (nSPS) is 20.0. The van der Waals surface area contributed by atoms with Gasteiger partial charge in [-0.2, -0.15) is 0 Å². The highest BCUT2D eigenvalue weighted by Crippen LogP contribution is 2.23. The van der Waals surface area contributed by atoms with E-state index in [9.17, 15) is 9.50 Å². The monoisotopic (exact) mass is 315 g/mol. The molecular weight excluding hydrogens is 297 g/mol. The van der Waals surface area contributed by atoms with Crippen LogP contribution in [0.1, 0.15) is 25.3 Å². The summed E-state index contributed by atoms with van der Waals surface area (Å²) in [5, 5.41) is 9.55. The topological polar surface area (TPSA) is 23.5 Å². The second-order valence-corrected chi connectivity index (χ2v) is 5.96. The van der Waals surface area contributed by atoms with Gasteiger partial charge in [0.1, 0.15) is 5.82 Å². The molecule has 1 unspecified atom stereocenters. The molecule has 0 spiro atoms. The number of nitrogens with zero attached hydrogens (tertiary/aromatic N) is 1. The molecule has 1 saturated heterocycles. The van der Waals surface area contributed by atoms with Crippen LogP contribution < -0.4 is 0 Å². The minimum atomic E-state index is -0.216. The first-order chi connectivity index (χ1) is 8.56. The molecule has 0 amide bonds. The van der Waals surface area contributed by atoms with E-state index in [0.29, 0.717) is 10.4 Å². The molecule has 1 aromatic rings. The lowest BCUT2D eigenvalue weighted by molar-refractivity contribution is 0.0695. The van der Waals surface area contributed by atoms with Gasteiger partial charge < -0.3 is 5.11 Å². The third-order valence-corrected chi connectivity index (χ3v) is 4.31. The number of aliphatic hydroxyl groups is 1. The Morgan fingerprint density at radius 3 is 2.67 bits per heavy atom. The molecule has 1 atom stereocenters. The molecule has 1 aromatic carbocycles. The predicted molar refractivity (Wildman–Crippen MR) is 73.8 cm³/mol. The molecule has 2 nitrogen and oxygen atoms in total. The number of aliphatic hydroxyl groups excluding tert-OH is 1. The Bertz CT molecular complexity index is 403. The summed E-state index contributed by atoms with van der Waals surface area (Å²) in [5.74, 6) is 0.216. The molecule has 18 heavy (non-hydrogen) atoms. The van der Waals surface area contributed by atoms with E-state index in [1.807, 2.05) is 19.1 Å². The molecule has 100 valence electrons.